The van der Waals surface area contributed by atoms with Gasteiger partial charge in [0.05, 0.1) is 18.6 Å². The average Bonchev–Trinajstić information content (AvgIpc) is 2.29. The zero-order valence-corrected chi connectivity index (χ0v) is 8.80. The van der Waals surface area contributed by atoms with Gasteiger partial charge in [-0.3, -0.25) is 10.1 Å². The Labute approximate surface area is 93.1 Å². The Morgan fingerprint density at radius 3 is 2.88 bits per heavy atom. The lowest BCUT2D eigenvalue weighted by Crippen LogP contribution is -1.98. The van der Waals surface area contributed by atoms with Gasteiger partial charge < -0.3 is 9.47 Å². The molecule has 0 atom stereocenters. The van der Waals surface area contributed by atoms with Gasteiger partial charge in [-0.15, -0.1) is 6.42 Å². The van der Waals surface area contributed by atoms with Gasteiger partial charge in [-0.05, 0) is 6.07 Å². The number of methoxy groups -OCH3 is 1. The first-order valence-electron chi connectivity index (χ1n) is 4.51. The summed E-state index contributed by atoms with van der Waals surface area (Å²) in [5.41, 5.74) is 0.604. The summed E-state index contributed by atoms with van der Waals surface area (Å²) in [7, 11) is 1.49. The summed E-state index contributed by atoms with van der Waals surface area (Å²) >= 11 is 0. The van der Waals surface area contributed by atoms with Crippen LogP contribution < -0.4 is 4.74 Å². The van der Waals surface area contributed by atoms with Crippen LogP contribution in [0, 0.1) is 22.5 Å². The van der Waals surface area contributed by atoms with Crippen LogP contribution in [0.2, 0.25) is 0 Å². The normalized spacial score (nSPS) is 9.50. The smallest absolute Gasteiger partial charge is 0.270 e. The van der Waals surface area contributed by atoms with E-state index in [1.165, 1.54) is 25.3 Å². The highest BCUT2D eigenvalue weighted by Crippen LogP contribution is 2.24. The van der Waals surface area contributed by atoms with Crippen molar-refractivity contribution in [1.29, 1.82) is 0 Å². The molecule has 84 valence electrons. The van der Waals surface area contributed by atoms with E-state index in [2.05, 4.69) is 5.92 Å². The first-order valence-corrected chi connectivity index (χ1v) is 4.51. The predicted molar refractivity (Wildman–Crippen MR) is 58.1 cm³/mol. The van der Waals surface area contributed by atoms with Gasteiger partial charge in [-0.2, -0.15) is 0 Å². The van der Waals surface area contributed by atoms with Crippen LogP contribution in [0.5, 0.6) is 5.75 Å². The van der Waals surface area contributed by atoms with Gasteiger partial charge in [-0.1, -0.05) is 5.92 Å². The SMILES string of the molecule is C#CCOCc1cc([N+](=O)[O-])ccc1OC. The van der Waals surface area contributed by atoms with E-state index in [-0.39, 0.29) is 18.9 Å². The molecule has 5 heteroatoms. The van der Waals surface area contributed by atoms with E-state index in [1.54, 1.807) is 0 Å². The van der Waals surface area contributed by atoms with Crippen LogP contribution in [0.25, 0.3) is 0 Å². The topological polar surface area (TPSA) is 61.6 Å². The number of benzene rings is 1. The Bertz CT molecular complexity index is 422. The minimum Gasteiger partial charge on any atom is -0.496 e. The molecule has 0 unspecified atom stereocenters. The second kappa shape index (κ2) is 5.73. The molecule has 1 rings (SSSR count). The molecular weight excluding hydrogens is 210 g/mol. The third-order valence-electron chi connectivity index (χ3n) is 1.92. The number of non-ortho nitro benzene ring substituents is 1. The molecule has 0 aliphatic carbocycles. The molecule has 1 aromatic carbocycles. The third kappa shape index (κ3) is 2.97. The Morgan fingerprint density at radius 1 is 1.56 bits per heavy atom. The maximum Gasteiger partial charge on any atom is 0.270 e. The van der Waals surface area contributed by atoms with Crippen molar-refractivity contribution < 1.29 is 14.4 Å². The van der Waals surface area contributed by atoms with Gasteiger partial charge in [0.1, 0.15) is 12.4 Å². The van der Waals surface area contributed by atoms with Crippen LogP contribution in [-0.2, 0) is 11.3 Å². The van der Waals surface area contributed by atoms with Gasteiger partial charge in [0.2, 0.25) is 0 Å². The van der Waals surface area contributed by atoms with Crippen molar-refractivity contribution in [3.63, 3.8) is 0 Å². The number of hydrogen-bond donors (Lipinski definition) is 0. The second-order valence-corrected chi connectivity index (χ2v) is 2.95. The van der Waals surface area contributed by atoms with Crippen LogP contribution in [0.15, 0.2) is 18.2 Å². The van der Waals surface area contributed by atoms with Crippen molar-refractivity contribution in [1.82, 2.24) is 0 Å². The average molecular weight is 221 g/mol. The zero-order valence-electron chi connectivity index (χ0n) is 8.80. The lowest BCUT2D eigenvalue weighted by atomic mass is 10.2. The number of ether oxygens (including phenoxy) is 2. The number of nitrogens with zero attached hydrogens (tertiary/aromatic N) is 1. The van der Waals surface area contributed by atoms with Crippen LogP contribution in [0.1, 0.15) is 5.56 Å². The van der Waals surface area contributed by atoms with Gasteiger partial charge in [0.25, 0.3) is 5.69 Å². The van der Waals surface area contributed by atoms with Gasteiger partial charge in [-0.25, -0.2) is 0 Å². The highest BCUT2D eigenvalue weighted by atomic mass is 16.6. The number of terminal acetylenes is 1. The fourth-order valence-electron chi connectivity index (χ4n) is 1.21. The van der Waals surface area contributed by atoms with Gasteiger partial charge in [0, 0.05) is 17.7 Å². The van der Waals surface area contributed by atoms with E-state index in [0.717, 1.165) is 0 Å². The molecule has 0 amide bonds. The van der Waals surface area contributed by atoms with Gasteiger partial charge in [0.15, 0.2) is 0 Å². The largest absolute Gasteiger partial charge is 0.496 e. The summed E-state index contributed by atoms with van der Waals surface area (Å²) in [4.78, 5) is 10.1. The van der Waals surface area contributed by atoms with Gasteiger partial charge >= 0.3 is 0 Å². The summed E-state index contributed by atoms with van der Waals surface area (Å²) in [6.45, 7) is 0.348. The monoisotopic (exact) mass is 221 g/mol. The Kier molecular flexibility index (Phi) is 4.30. The molecule has 0 spiro atoms. The Morgan fingerprint density at radius 2 is 2.31 bits per heavy atom. The van der Waals surface area contributed by atoms with Crippen molar-refractivity contribution in [3.8, 4) is 18.1 Å². The third-order valence-corrected chi connectivity index (χ3v) is 1.92. The summed E-state index contributed by atoms with van der Waals surface area (Å²) in [5, 5.41) is 10.6. The fraction of sp³-hybridized carbons (Fsp3) is 0.273. The number of nitro groups is 1. The molecule has 0 N–H and O–H groups in total. The molecule has 16 heavy (non-hydrogen) atoms. The van der Waals surface area contributed by atoms with Crippen LogP contribution in [-0.4, -0.2) is 18.6 Å². The molecule has 0 fully saturated rings. The van der Waals surface area contributed by atoms with Crippen molar-refractivity contribution in [2.75, 3.05) is 13.7 Å². The molecule has 0 aliphatic heterocycles. The van der Waals surface area contributed by atoms with E-state index >= 15 is 0 Å². The molecule has 0 aromatic heterocycles. The molecule has 1 aromatic rings. The highest BCUT2D eigenvalue weighted by molar-refractivity contribution is 5.43. The minimum absolute atomic E-state index is 0.0000997. The molecule has 0 heterocycles. The minimum atomic E-state index is -0.468. The predicted octanol–water partition coefficient (Wildman–Crippen LogP) is 1.75. The van der Waals surface area contributed by atoms with Crippen molar-refractivity contribution in [2.24, 2.45) is 0 Å². The summed E-state index contributed by atoms with van der Waals surface area (Å²) in [6.07, 6.45) is 5.03. The maximum absolute atomic E-state index is 10.6. The zero-order chi connectivity index (χ0) is 12.0. The quantitative estimate of drug-likeness (QED) is 0.329. The first-order chi connectivity index (χ1) is 7.69. The molecule has 0 bridgehead atoms. The maximum atomic E-state index is 10.6. The molecular formula is C11H11NO4. The van der Waals surface area contributed by atoms with E-state index < -0.39 is 4.92 Å². The number of rotatable bonds is 5. The van der Waals surface area contributed by atoms with Crippen molar-refractivity contribution >= 4 is 5.69 Å². The fourth-order valence-corrected chi connectivity index (χ4v) is 1.21. The van der Waals surface area contributed by atoms with Crippen LogP contribution >= 0.6 is 0 Å². The van der Waals surface area contributed by atoms with E-state index in [9.17, 15) is 10.1 Å². The van der Waals surface area contributed by atoms with E-state index in [0.29, 0.717) is 11.3 Å². The lowest BCUT2D eigenvalue weighted by Gasteiger charge is -2.07. The highest BCUT2D eigenvalue weighted by Gasteiger charge is 2.10. The van der Waals surface area contributed by atoms with Crippen LogP contribution in [0.4, 0.5) is 5.69 Å². The second-order valence-electron chi connectivity index (χ2n) is 2.95. The lowest BCUT2D eigenvalue weighted by molar-refractivity contribution is -0.385. The molecule has 0 saturated heterocycles. The molecule has 0 radical (unpaired) electrons. The Balaban J connectivity index is 2.89. The number of nitro benzene ring substituents is 1. The number of hydrogen-bond acceptors (Lipinski definition) is 4. The molecule has 0 aliphatic rings. The van der Waals surface area contributed by atoms with E-state index in [1.807, 2.05) is 0 Å². The van der Waals surface area contributed by atoms with Crippen LogP contribution in [0.3, 0.4) is 0 Å². The standard InChI is InChI=1S/C11H11NO4/c1-3-6-16-8-9-7-10(12(13)14)4-5-11(9)15-2/h1,4-5,7H,6,8H2,2H3. The summed E-state index contributed by atoms with van der Waals surface area (Å²) in [6, 6.07) is 4.32. The molecule has 0 saturated carbocycles. The molecule has 5 nitrogen and oxygen atoms in total. The Hall–Kier alpha value is -2.06. The summed E-state index contributed by atoms with van der Waals surface area (Å²) < 4.78 is 10.2. The summed E-state index contributed by atoms with van der Waals surface area (Å²) in [5.74, 6) is 2.86. The van der Waals surface area contributed by atoms with E-state index in [4.69, 9.17) is 15.9 Å². The van der Waals surface area contributed by atoms with Crippen molar-refractivity contribution in [2.45, 2.75) is 6.61 Å². The van der Waals surface area contributed by atoms with Crippen molar-refractivity contribution in [3.05, 3.63) is 33.9 Å². The first kappa shape index (κ1) is 12.0.